The van der Waals surface area contributed by atoms with Gasteiger partial charge in [-0.05, 0) is 49.4 Å². The number of carbonyl (C=O) groups is 4. The monoisotopic (exact) mass is 1420 g/mol. The fraction of sp³-hybridized carbons (Fsp3) is 0.949. The van der Waals surface area contributed by atoms with Crippen molar-refractivity contribution >= 4 is 39.5 Å². The minimum Gasteiger partial charge on any atom is -0.462 e. The maximum Gasteiger partial charge on any atom is 0.472 e. The van der Waals surface area contributed by atoms with Crippen LogP contribution in [0.3, 0.4) is 0 Å². The molecule has 0 aliphatic carbocycles. The summed E-state index contributed by atoms with van der Waals surface area (Å²) in [6.07, 6.45) is 52.8. The number of aliphatic hydroxyl groups is 1. The van der Waals surface area contributed by atoms with Crippen LogP contribution in [-0.2, 0) is 65.4 Å². The van der Waals surface area contributed by atoms with E-state index in [9.17, 15) is 43.2 Å². The van der Waals surface area contributed by atoms with Crippen molar-refractivity contribution in [1.82, 2.24) is 0 Å². The molecule has 0 heterocycles. The summed E-state index contributed by atoms with van der Waals surface area (Å²) < 4.78 is 68.6. The first kappa shape index (κ1) is 95.1. The Balaban J connectivity index is 5.20. The van der Waals surface area contributed by atoms with Gasteiger partial charge >= 0.3 is 39.5 Å². The number of rotatable bonds is 75. The fourth-order valence-corrected chi connectivity index (χ4v) is 13.4. The van der Waals surface area contributed by atoms with E-state index in [4.69, 9.17) is 37.0 Å². The molecule has 19 heteroatoms. The van der Waals surface area contributed by atoms with Crippen LogP contribution in [0.2, 0.25) is 0 Å². The van der Waals surface area contributed by atoms with Crippen molar-refractivity contribution in [3.05, 3.63) is 0 Å². The van der Waals surface area contributed by atoms with E-state index in [-0.39, 0.29) is 25.7 Å². The highest BCUT2D eigenvalue weighted by Gasteiger charge is 2.30. The van der Waals surface area contributed by atoms with E-state index >= 15 is 0 Å². The largest absolute Gasteiger partial charge is 0.472 e. The Hall–Kier alpha value is -1.94. The van der Waals surface area contributed by atoms with Gasteiger partial charge < -0.3 is 33.8 Å². The highest BCUT2D eigenvalue weighted by molar-refractivity contribution is 7.47. The molecule has 17 nitrogen and oxygen atoms in total. The van der Waals surface area contributed by atoms with E-state index in [1.165, 1.54) is 193 Å². The molecular weight excluding hydrogens is 1270 g/mol. The van der Waals surface area contributed by atoms with Gasteiger partial charge in [-0.3, -0.25) is 37.3 Å². The molecule has 97 heavy (non-hydrogen) atoms. The van der Waals surface area contributed by atoms with E-state index in [1.54, 1.807) is 0 Å². The number of phosphoric ester groups is 2. The number of esters is 4. The molecule has 0 amide bonds. The third-order valence-corrected chi connectivity index (χ3v) is 20.7. The van der Waals surface area contributed by atoms with Gasteiger partial charge in [-0.15, -0.1) is 0 Å². The zero-order valence-corrected chi connectivity index (χ0v) is 65.5. The predicted octanol–water partition coefficient (Wildman–Crippen LogP) is 22.8. The number of ether oxygens (including phenoxy) is 4. The first-order valence-electron chi connectivity index (χ1n) is 40.3. The van der Waals surface area contributed by atoms with Gasteiger partial charge in [-0.2, -0.15) is 0 Å². The summed E-state index contributed by atoms with van der Waals surface area (Å²) in [4.78, 5) is 72.9. The molecule has 0 fully saturated rings. The molecule has 0 bridgehead atoms. The second-order valence-electron chi connectivity index (χ2n) is 29.5. The number of hydrogen-bond acceptors (Lipinski definition) is 15. The fourth-order valence-electron chi connectivity index (χ4n) is 11.8. The molecule has 0 aromatic rings. The smallest absolute Gasteiger partial charge is 0.462 e. The van der Waals surface area contributed by atoms with Crippen LogP contribution in [0.5, 0.6) is 0 Å². The molecule has 0 aliphatic heterocycles. The number of carbonyl (C=O) groups excluding carboxylic acids is 4. The van der Waals surface area contributed by atoms with Crippen LogP contribution in [0, 0.1) is 23.7 Å². The molecule has 0 aromatic carbocycles. The van der Waals surface area contributed by atoms with Crippen molar-refractivity contribution < 1.29 is 80.2 Å². The molecule has 0 rings (SSSR count). The zero-order chi connectivity index (χ0) is 71.7. The standard InChI is InChI=1S/C78H152O17P2/c1-9-70(7)56-48-40-32-28-29-33-42-50-58-75(80)88-64-73(94-78(83)61-53-45-35-27-23-19-21-25-31-39-47-55-69(5)6)66-92-96(84,85)90-62-72(79)63-91-97(86,87)93-67-74(65-89-76(81)59-51-43-37-36-41-49-57-71(8)10-2)95-77(82)60-52-44-34-26-22-18-16-14-12-11-13-15-17-20-24-30-38-46-54-68(3)4/h68-74,79H,9-67H2,1-8H3,(H,84,85)(H,86,87)/t70?,71?,72-,73-,74-/m1/s1. The molecule has 4 unspecified atom stereocenters. The number of unbranched alkanes of at least 4 members (excludes halogenated alkanes) is 39. The van der Waals surface area contributed by atoms with Crippen LogP contribution in [0.15, 0.2) is 0 Å². The molecule has 0 saturated heterocycles. The van der Waals surface area contributed by atoms with Crippen LogP contribution in [-0.4, -0.2) is 96.7 Å². The Morgan fingerprint density at radius 2 is 0.495 bits per heavy atom. The lowest BCUT2D eigenvalue weighted by Gasteiger charge is -2.21. The lowest BCUT2D eigenvalue weighted by Crippen LogP contribution is -2.30. The van der Waals surface area contributed by atoms with Gasteiger partial charge in [0.15, 0.2) is 12.2 Å². The van der Waals surface area contributed by atoms with Crippen molar-refractivity contribution in [3.8, 4) is 0 Å². The third-order valence-electron chi connectivity index (χ3n) is 18.8. The summed E-state index contributed by atoms with van der Waals surface area (Å²) in [5, 5.41) is 10.6. The Kier molecular flexibility index (Phi) is 65.9. The Labute approximate surface area is 594 Å². The average molecular weight is 1420 g/mol. The summed E-state index contributed by atoms with van der Waals surface area (Å²) in [5.74, 6) is 0.974. The summed E-state index contributed by atoms with van der Waals surface area (Å²) in [6, 6.07) is 0. The van der Waals surface area contributed by atoms with Crippen LogP contribution >= 0.6 is 15.6 Å². The van der Waals surface area contributed by atoms with E-state index in [0.29, 0.717) is 25.7 Å². The second-order valence-corrected chi connectivity index (χ2v) is 32.4. The first-order valence-corrected chi connectivity index (χ1v) is 43.3. The molecule has 0 aliphatic rings. The van der Waals surface area contributed by atoms with Crippen molar-refractivity contribution in [2.75, 3.05) is 39.6 Å². The van der Waals surface area contributed by atoms with E-state index in [2.05, 4.69) is 55.4 Å². The first-order chi connectivity index (χ1) is 46.7. The minimum absolute atomic E-state index is 0.106. The molecule has 0 radical (unpaired) electrons. The Morgan fingerprint density at radius 3 is 0.732 bits per heavy atom. The quantitative estimate of drug-likeness (QED) is 0.0222. The molecule has 576 valence electrons. The molecular formula is C78H152O17P2. The second kappa shape index (κ2) is 67.2. The number of phosphoric acid groups is 2. The molecule has 0 aromatic heterocycles. The maximum absolute atomic E-state index is 13.1. The van der Waals surface area contributed by atoms with Gasteiger partial charge in [-0.25, -0.2) is 9.13 Å². The highest BCUT2D eigenvalue weighted by Crippen LogP contribution is 2.45. The summed E-state index contributed by atoms with van der Waals surface area (Å²) in [7, 11) is -9.92. The number of aliphatic hydroxyl groups excluding tert-OH is 1. The molecule has 0 saturated carbocycles. The summed E-state index contributed by atoms with van der Waals surface area (Å²) in [5.41, 5.74) is 0. The maximum atomic E-state index is 13.1. The van der Waals surface area contributed by atoms with E-state index in [0.717, 1.165) is 120 Å². The predicted molar refractivity (Wildman–Crippen MR) is 395 cm³/mol. The normalized spacial score (nSPS) is 14.6. The van der Waals surface area contributed by atoms with E-state index < -0.39 is 97.5 Å². The average Bonchev–Trinajstić information content (AvgIpc) is 1.18. The van der Waals surface area contributed by atoms with Crippen molar-refractivity contribution in [3.63, 3.8) is 0 Å². The Morgan fingerprint density at radius 1 is 0.289 bits per heavy atom. The van der Waals surface area contributed by atoms with Crippen LogP contribution in [0.4, 0.5) is 0 Å². The van der Waals surface area contributed by atoms with Gasteiger partial charge in [0.1, 0.15) is 19.3 Å². The van der Waals surface area contributed by atoms with Crippen LogP contribution in [0.1, 0.15) is 396 Å². The van der Waals surface area contributed by atoms with Gasteiger partial charge in [0.2, 0.25) is 0 Å². The molecule has 3 N–H and O–H groups in total. The summed E-state index contributed by atoms with van der Waals surface area (Å²) in [6.45, 7) is 14.2. The SMILES string of the molecule is CCC(C)CCCCCCCCCCC(=O)OC[C@H](COP(=O)(O)OC[C@@H](O)COP(=O)(O)OC[C@@H](COC(=O)CCCCCCCCC(C)CC)OC(=O)CCCCCCCCCCCCCCCCCCCCC(C)C)OC(=O)CCCCCCCCCCCCCC(C)C. The summed E-state index contributed by atoms with van der Waals surface area (Å²) >= 11 is 0. The van der Waals surface area contributed by atoms with Crippen LogP contribution in [0.25, 0.3) is 0 Å². The van der Waals surface area contributed by atoms with Crippen molar-refractivity contribution in [2.24, 2.45) is 23.7 Å². The van der Waals surface area contributed by atoms with Gasteiger partial charge in [0.05, 0.1) is 26.4 Å². The third kappa shape index (κ3) is 69.5. The van der Waals surface area contributed by atoms with Crippen molar-refractivity contribution in [2.45, 2.75) is 414 Å². The van der Waals surface area contributed by atoms with Gasteiger partial charge in [0, 0.05) is 25.7 Å². The van der Waals surface area contributed by atoms with Gasteiger partial charge in [0.25, 0.3) is 0 Å². The highest BCUT2D eigenvalue weighted by atomic mass is 31.2. The molecule has 7 atom stereocenters. The topological polar surface area (TPSA) is 237 Å². The van der Waals surface area contributed by atoms with E-state index in [1.807, 2.05) is 0 Å². The zero-order valence-electron chi connectivity index (χ0n) is 63.7. The van der Waals surface area contributed by atoms with Gasteiger partial charge in [-0.1, -0.05) is 344 Å². The lowest BCUT2D eigenvalue weighted by molar-refractivity contribution is -0.161. The van der Waals surface area contributed by atoms with Crippen molar-refractivity contribution in [1.29, 1.82) is 0 Å². The lowest BCUT2D eigenvalue weighted by atomic mass is 9.99. The van der Waals surface area contributed by atoms with Crippen LogP contribution < -0.4 is 0 Å². The molecule has 0 spiro atoms. The Bertz CT molecular complexity index is 1910. The minimum atomic E-state index is -4.96. The number of hydrogen-bond donors (Lipinski definition) is 3.